The number of sulfonamides is 1. The molecule has 2 N–H and O–H groups in total. The first-order chi connectivity index (χ1) is 22.8. The molecule has 7 rings (SSSR count). The number of para-hydroxylation sites is 2. The van der Waals surface area contributed by atoms with Gasteiger partial charge in [-0.05, 0) is 108 Å². The maximum atomic E-state index is 14.8. The number of primary sulfonamides is 1. The molecule has 4 heterocycles. The van der Waals surface area contributed by atoms with Crippen molar-refractivity contribution in [2.75, 3.05) is 19.6 Å². The fraction of sp³-hybridized carbons (Fsp3) is 0.474. The van der Waals surface area contributed by atoms with Crippen molar-refractivity contribution in [3.63, 3.8) is 0 Å². The van der Waals surface area contributed by atoms with Gasteiger partial charge in [-0.15, -0.1) is 0 Å². The Balaban J connectivity index is 1.07. The molecule has 0 saturated carbocycles. The molecule has 1 unspecified atom stereocenters. The number of carbonyl (C=O) groups excluding carboxylic acids is 1. The summed E-state index contributed by atoms with van der Waals surface area (Å²) in [7, 11) is -4.23. The minimum atomic E-state index is -4.23. The van der Waals surface area contributed by atoms with Crippen molar-refractivity contribution in [3.8, 4) is 0 Å². The number of alkyl halides is 1. The highest BCUT2D eigenvalue weighted by molar-refractivity contribution is 7.89. The summed E-state index contributed by atoms with van der Waals surface area (Å²) >= 11 is 0. The van der Waals surface area contributed by atoms with Crippen molar-refractivity contribution in [2.45, 2.75) is 99.8 Å². The molecule has 1 amide bonds. The van der Waals surface area contributed by atoms with E-state index in [4.69, 9.17) is 10.1 Å². The fourth-order valence-electron chi connectivity index (χ4n) is 8.97. The molecule has 2 bridgehead atoms. The van der Waals surface area contributed by atoms with Crippen molar-refractivity contribution >= 4 is 27.0 Å². The number of fused-ring (bicyclic) bond motifs is 3. The molecule has 1 aromatic heterocycles. The maximum absolute atomic E-state index is 14.8. The summed E-state index contributed by atoms with van der Waals surface area (Å²) in [5.41, 5.74) is 1.79. The number of carbonyl (C=O) groups is 1. The van der Waals surface area contributed by atoms with Crippen molar-refractivity contribution < 1.29 is 17.6 Å². The van der Waals surface area contributed by atoms with E-state index < -0.39 is 15.7 Å². The zero-order chi connectivity index (χ0) is 33.8. The highest BCUT2D eigenvalue weighted by Crippen LogP contribution is 2.45. The second-order valence-corrected chi connectivity index (χ2v) is 16.2. The van der Waals surface area contributed by atoms with E-state index in [9.17, 15) is 17.6 Å². The van der Waals surface area contributed by atoms with Crippen LogP contribution >= 0.6 is 0 Å². The van der Waals surface area contributed by atoms with Gasteiger partial charge in [-0.1, -0.05) is 48.5 Å². The van der Waals surface area contributed by atoms with Crippen LogP contribution in [-0.2, 0) is 21.1 Å². The van der Waals surface area contributed by atoms with Gasteiger partial charge in [0.05, 0.1) is 15.9 Å². The number of aryl methyl sites for hydroxylation is 1. The second kappa shape index (κ2) is 12.4. The number of nitrogens with two attached hydrogens (primary N) is 1. The largest absolute Gasteiger partial charge is 0.339 e. The van der Waals surface area contributed by atoms with Crippen LogP contribution in [0, 0.1) is 6.92 Å². The third-order valence-electron chi connectivity index (χ3n) is 11.4. The molecule has 3 aliphatic heterocycles. The number of hydrogen-bond donors (Lipinski definition) is 1. The molecule has 8 nitrogen and oxygen atoms in total. The first-order valence-electron chi connectivity index (χ1n) is 17.2. The Morgan fingerprint density at radius 3 is 2.25 bits per heavy atom. The van der Waals surface area contributed by atoms with E-state index in [0.717, 1.165) is 50.0 Å². The number of halogens is 1. The van der Waals surface area contributed by atoms with Gasteiger partial charge in [0, 0.05) is 42.3 Å². The summed E-state index contributed by atoms with van der Waals surface area (Å²) in [4.78, 5) is 22.8. The molecular weight excluding hydrogens is 626 g/mol. The number of benzene rings is 3. The zero-order valence-electron chi connectivity index (χ0n) is 28.1. The number of hydrogen-bond acceptors (Lipinski definition) is 5. The van der Waals surface area contributed by atoms with E-state index in [2.05, 4.69) is 64.9 Å². The van der Waals surface area contributed by atoms with Gasteiger partial charge >= 0.3 is 0 Å². The molecule has 10 heteroatoms. The average Bonchev–Trinajstić information content (AvgIpc) is 3.53. The van der Waals surface area contributed by atoms with E-state index in [1.807, 2.05) is 6.07 Å². The van der Waals surface area contributed by atoms with Crippen molar-refractivity contribution in [2.24, 2.45) is 5.14 Å². The Bertz CT molecular complexity index is 1910. The molecular formula is C38H46FN5O3S. The number of aromatic nitrogens is 2. The second-order valence-electron chi connectivity index (χ2n) is 14.7. The van der Waals surface area contributed by atoms with Crippen LogP contribution in [0.4, 0.5) is 4.39 Å². The van der Waals surface area contributed by atoms with Gasteiger partial charge in [0.15, 0.2) is 0 Å². The summed E-state index contributed by atoms with van der Waals surface area (Å²) in [6.07, 6.45) is 7.37. The number of imidazole rings is 1. The quantitative estimate of drug-likeness (QED) is 0.227. The topological polar surface area (TPSA) is 102 Å². The zero-order valence-corrected chi connectivity index (χ0v) is 28.9. The lowest BCUT2D eigenvalue weighted by molar-refractivity contribution is 0.0606. The van der Waals surface area contributed by atoms with Crippen LogP contribution < -0.4 is 5.14 Å². The van der Waals surface area contributed by atoms with Gasteiger partial charge in [-0.3, -0.25) is 9.69 Å². The highest BCUT2D eigenvalue weighted by atomic mass is 32.2. The van der Waals surface area contributed by atoms with Crippen LogP contribution in [0.2, 0.25) is 0 Å². The van der Waals surface area contributed by atoms with Crippen LogP contribution in [-0.4, -0.2) is 65.4 Å². The summed E-state index contributed by atoms with van der Waals surface area (Å²) in [5.74, 6) is 0.841. The summed E-state index contributed by atoms with van der Waals surface area (Å²) in [6, 6.07) is 24.9. The summed E-state index contributed by atoms with van der Waals surface area (Å²) < 4.78 is 42.1. The number of rotatable bonds is 8. The van der Waals surface area contributed by atoms with Gasteiger partial charge in [0.25, 0.3) is 5.91 Å². The predicted molar refractivity (Wildman–Crippen MR) is 186 cm³/mol. The molecule has 3 fully saturated rings. The van der Waals surface area contributed by atoms with Crippen LogP contribution in [0.1, 0.15) is 92.1 Å². The van der Waals surface area contributed by atoms with E-state index in [1.165, 1.54) is 56.0 Å². The normalized spacial score (nSPS) is 23.1. The van der Waals surface area contributed by atoms with Crippen molar-refractivity contribution in [1.82, 2.24) is 19.4 Å². The van der Waals surface area contributed by atoms with Gasteiger partial charge in [0.1, 0.15) is 11.5 Å². The van der Waals surface area contributed by atoms with E-state index in [-0.39, 0.29) is 27.3 Å². The van der Waals surface area contributed by atoms with Crippen LogP contribution in [0.5, 0.6) is 0 Å². The predicted octanol–water partition coefficient (Wildman–Crippen LogP) is 6.63. The van der Waals surface area contributed by atoms with Crippen LogP contribution in [0.15, 0.2) is 77.7 Å². The van der Waals surface area contributed by atoms with Gasteiger partial charge in [-0.2, -0.15) is 0 Å². The maximum Gasteiger partial charge on any atom is 0.253 e. The van der Waals surface area contributed by atoms with Gasteiger partial charge in [-0.25, -0.2) is 22.9 Å². The Morgan fingerprint density at radius 1 is 0.958 bits per heavy atom. The van der Waals surface area contributed by atoms with E-state index in [0.29, 0.717) is 31.2 Å². The molecule has 254 valence electrons. The molecule has 0 aliphatic carbocycles. The lowest BCUT2D eigenvalue weighted by atomic mass is 9.70. The van der Waals surface area contributed by atoms with Crippen molar-refractivity contribution in [1.29, 1.82) is 0 Å². The smallest absolute Gasteiger partial charge is 0.253 e. The number of nitrogens with zero attached hydrogens (tertiary/aromatic N) is 4. The van der Waals surface area contributed by atoms with Crippen LogP contribution in [0.3, 0.4) is 0 Å². The Kier molecular flexibility index (Phi) is 8.49. The molecule has 3 atom stereocenters. The molecule has 48 heavy (non-hydrogen) atoms. The Labute approximate surface area is 283 Å². The van der Waals surface area contributed by atoms with Gasteiger partial charge in [0.2, 0.25) is 10.0 Å². The first-order valence-corrected chi connectivity index (χ1v) is 18.8. The lowest BCUT2D eigenvalue weighted by Gasteiger charge is -2.45. The molecule has 0 radical (unpaired) electrons. The molecule has 3 saturated heterocycles. The minimum absolute atomic E-state index is 0.0465. The average molecular weight is 672 g/mol. The first kappa shape index (κ1) is 32.9. The van der Waals surface area contributed by atoms with Crippen molar-refractivity contribution in [3.05, 3.63) is 95.3 Å². The molecule has 4 aromatic rings. The van der Waals surface area contributed by atoms with E-state index in [1.54, 1.807) is 4.90 Å². The number of amides is 1. The Hall–Kier alpha value is -3.60. The standard InChI is InChI=1S/C38H46FN5O3S/c1-26-41-33-11-7-8-12-34(33)44(26)31-24-29-14-15-30(25-31)43(29)22-19-38(28-9-5-4-6-10-28)17-20-42(21-18-38)36(45)27-13-16-32(37(2,3)39)35(23-27)48(40,46)47/h4-13,16,23,29-31H,14-15,17-22,24-25H2,1-3H3,(H2,40,46,47)/t29-,30+,31?. The molecule has 3 aromatic carbocycles. The minimum Gasteiger partial charge on any atom is -0.339 e. The number of likely N-dealkylation sites (tertiary alicyclic amines) is 1. The van der Waals surface area contributed by atoms with E-state index >= 15 is 0 Å². The van der Waals surface area contributed by atoms with Gasteiger partial charge < -0.3 is 9.47 Å². The Morgan fingerprint density at radius 2 is 1.60 bits per heavy atom. The number of piperidine rings is 2. The SMILES string of the molecule is Cc1nc2ccccc2n1C1C[C@H]2CC[C@@H](C1)N2CCC1(c2ccccc2)CCN(C(=O)c2ccc(C(C)(C)F)c(S(N)(=O)=O)c2)CC1. The monoisotopic (exact) mass is 671 g/mol. The third kappa shape index (κ3) is 6.07. The lowest BCUT2D eigenvalue weighted by Crippen LogP contribution is -2.49. The molecule has 3 aliphatic rings. The highest BCUT2D eigenvalue weighted by Gasteiger charge is 2.44. The summed E-state index contributed by atoms with van der Waals surface area (Å²) in [5, 5.41) is 5.45. The third-order valence-corrected chi connectivity index (χ3v) is 12.4. The fourth-order valence-corrected chi connectivity index (χ4v) is 9.88. The van der Waals surface area contributed by atoms with Crippen LogP contribution in [0.25, 0.3) is 11.0 Å². The molecule has 0 spiro atoms. The summed E-state index contributed by atoms with van der Waals surface area (Å²) in [6.45, 7) is 6.82.